The Morgan fingerprint density at radius 3 is 3.00 bits per heavy atom. The molecule has 0 radical (unpaired) electrons. The van der Waals surface area contributed by atoms with Crippen LogP contribution in [0.4, 0.5) is 0 Å². The molecule has 4 nitrogen and oxygen atoms in total. The van der Waals surface area contributed by atoms with E-state index < -0.39 is 5.97 Å². The maximum atomic E-state index is 11.1. The SMILES string of the molecule is CCOC(=O)c1cccc(CO)n1. The number of aliphatic hydroxyl groups excluding tert-OH is 1. The second-order valence-electron chi connectivity index (χ2n) is 2.39. The minimum absolute atomic E-state index is 0.173. The lowest BCUT2D eigenvalue weighted by atomic mass is 10.3. The van der Waals surface area contributed by atoms with Crippen LogP contribution in [0.3, 0.4) is 0 Å². The second kappa shape index (κ2) is 4.57. The van der Waals surface area contributed by atoms with Gasteiger partial charge in [0.15, 0.2) is 0 Å². The van der Waals surface area contributed by atoms with E-state index in [-0.39, 0.29) is 12.3 Å². The minimum Gasteiger partial charge on any atom is -0.461 e. The fourth-order valence-corrected chi connectivity index (χ4v) is 0.886. The first-order valence-electron chi connectivity index (χ1n) is 4.02. The van der Waals surface area contributed by atoms with Gasteiger partial charge in [0.25, 0.3) is 0 Å². The fourth-order valence-electron chi connectivity index (χ4n) is 0.886. The molecule has 1 aromatic heterocycles. The van der Waals surface area contributed by atoms with Gasteiger partial charge in [-0.1, -0.05) is 6.07 Å². The lowest BCUT2D eigenvalue weighted by Gasteiger charge is -2.01. The summed E-state index contributed by atoms with van der Waals surface area (Å²) >= 11 is 0. The Bertz CT molecular complexity index is 299. The van der Waals surface area contributed by atoms with Crippen LogP contribution in [0.25, 0.3) is 0 Å². The molecule has 0 saturated heterocycles. The first-order valence-corrected chi connectivity index (χ1v) is 4.02. The van der Waals surface area contributed by atoms with Crippen LogP contribution < -0.4 is 0 Å². The quantitative estimate of drug-likeness (QED) is 0.699. The van der Waals surface area contributed by atoms with E-state index in [2.05, 4.69) is 4.98 Å². The number of carbonyl (C=O) groups excluding carboxylic acids is 1. The van der Waals surface area contributed by atoms with Gasteiger partial charge in [0.1, 0.15) is 5.69 Å². The van der Waals surface area contributed by atoms with Crippen LogP contribution in [-0.4, -0.2) is 22.7 Å². The number of hydrogen-bond acceptors (Lipinski definition) is 4. The number of pyridine rings is 1. The van der Waals surface area contributed by atoms with Gasteiger partial charge < -0.3 is 9.84 Å². The van der Waals surface area contributed by atoms with Crippen LogP contribution in [0, 0.1) is 0 Å². The van der Waals surface area contributed by atoms with Crippen LogP contribution in [0.15, 0.2) is 18.2 Å². The van der Waals surface area contributed by atoms with Crippen LogP contribution in [0.2, 0.25) is 0 Å². The smallest absolute Gasteiger partial charge is 0.356 e. The minimum atomic E-state index is -0.460. The van der Waals surface area contributed by atoms with Crippen molar-refractivity contribution in [3.05, 3.63) is 29.6 Å². The standard InChI is InChI=1S/C9H11NO3/c1-2-13-9(12)8-5-3-4-7(6-11)10-8/h3-5,11H,2,6H2,1H3. The zero-order valence-electron chi connectivity index (χ0n) is 7.36. The zero-order chi connectivity index (χ0) is 9.68. The summed E-state index contributed by atoms with van der Waals surface area (Å²) in [7, 11) is 0. The van der Waals surface area contributed by atoms with Crippen molar-refractivity contribution in [2.24, 2.45) is 0 Å². The molecule has 0 atom stereocenters. The molecule has 0 fully saturated rings. The van der Waals surface area contributed by atoms with Gasteiger partial charge >= 0.3 is 5.97 Å². The third kappa shape index (κ3) is 2.52. The number of rotatable bonds is 3. The number of aromatic nitrogens is 1. The molecule has 1 aromatic rings. The second-order valence-corrected chi connectivity index (χ2v) is 2.39. The molecule has 13 heavy (non-hydrogen) atoms. The highest BCUT2D eigenvalue weighted by Gasteiger charge is 2.07. The van der Waals surface area contributed by atoms with Gasteiger partial charge in [0.2, 0.25) is 0 Å². The van der Waals surface area contributed by atoms with Gasteiger partial charge in [-0.05, 0) is 19.1 Å². The van der Waals surface area contributed by atoms with Crippen molar-refractivity contribution in [2.75, 3.05) is 6.61 Å². The van der Waals surface area contributed by atoms with Crippen LogP contribution in [0.1, 0.15) is 23.1 Å². The third-order valence-corrected chi connectivity index (χ3v) is 1.45. The zero-order valence-corrected chi connectivity index (χ0v) is 7.36. The number of hydrogen-bond donors (Lipinski definition) is 1. The van der Waals surface area contributed by atoms with Crippen molar-refractivity contribution in [1.82, 2.24) is 4.98 Å². The summed E-state index contributed by atoms with van der Waals surface area (Å²) in [4.78, 5) is 15.0. The van der Waals surface area contributed by atoms with Crippen molar-refractivity contribution in [3.8, 4) is 0 Å². The van der Waals surface area contributed by atoms with Crippen molar-refractivity contribution in [3.63, 3.8) is 0 Å². The van der Waals surface area contributed by atoms with Gasteiger partial charge in [-0.15, -0.1) is 0 Å². The largest absolute Gasteiger partial charge is 0.461 e. The van der Waals surface area contributed by atoms with E-state index in [4.69, 9.17) is 9.84 Å². The molecule has 4 heteroatoms. The van der Waals surface area contributed by atoms with Gasteiger partial charge in [0.05, 0.1) is 18.9 Å². The molecule has 0 unspecified atom stereocenters. The van der Waals surface area contributed by atoms with Crippen LogP contribution in [0.5, 0.6) is 0 Å². The van der Waals surface area contributed by atoms with E-state index in [1.165, 1.54) is 0 Å². The summed E-state index contributed by atoms with van der Waals surface area (Å²) < 4.78 is 4.74. The maximum absolute atomic E-state index is 11.1. The average Bonchev–Trinajstić information content (AvgIpc) is 2.18. The third-order valence-electron chi connectivity index (χ3n) is 1.45. The van der Waals surface area contributed by atoms with Gasteiger partial charge in [0, 0.05) is 0 Å². The molecule has 0 aliphatic carbocycles. The molecule has 0 aliphatic rings. The highest BCUT2D eigenvalue weighted by molar-refractivity contribution is 5.87. The molecular formula is C9H11NO3. The molecular weight excluding hydrogens is 170 g/mol. The van der Waals surface area contributed by atoms with Crippen molar-refractivity contribution in [2.45, 2.75) is 13.5 Å². The highest BCUT2D eigenvalue weighted by Crippen LogP contribution is 2.01. The van der Waals surface area contributed by atoms with Gasteiger partial charge in [-0.25, -0.2) is 9.78 Å². The lowest BCUT2D eigenvalue weighted by Crippen LogP contribution is -2.08. The summed E-state index contributed by atoms with van der Waals surface area (Å²) in [5.74, 6) is -0.460. The summed E-state index contributed by atoms with van der Waals surface area (Å²) in [5, 5.41) is 8.76. The molecule has 0 aromatic carbocycles. The van der Waals surface area contributed by atoms with Crippen molar-refractivity contribution < 1.29 is 14.6 Å². The first kappa shape index (κ1) is 9.67. The molecule has 0 saturated carbocycles. The van der Waals surface area contributed by atoms with Crippen LogP contribution >= 0.6 is 0 Å². The molecule has 1 heterocycles. The lowest BCUT2D eigenvalue weighted by molar-refractivity contribution is 0.0519. The Hall–Kier alpha value is -1.42. The molecule has 0 amide bonds. The summed E-state index contributed by atoms with van der Waals surface area (Å²) in [6, 6.07) is 4.85. The molecule has 0 bridgehead atoms. The number of carbonyl (C=O) groups is 1. The highest BCUT2D eigenvalue weighted by atomic mass is 16.5. The molecule has 0 spiro atoms. The fraction of sp³-hybridized carbons (Fsp3) is 0.333. The Morgan fingerprint density at radius 2 is 2.38 bits per heavy atom. The average molecular weight is 181 g/mol. The first-order chi connectivity index (χ1) is 6.27. The predicted molar refractivity (Wildman–Crippen MR) is 46.1 cm³/mol. The molecule has 1 rings (SSSR count). The van der Waals surface area contributed by atoms with E-state index in [0.717, 1.165) is 0 Å². The van der Waals surface area contributed by atoms with E-state index in [0.29, 0.717) is 12.3 Å². The van der Waals surface area contributed by atoms with Gasteiger partial charge in [-0.3, -0.25) is 0 Å². The van der Waals surface area contributed by atoms with E-state index in [1.807, 2.05) is 0 Å². The van der Waals surface area contributed by atoms with Crippen LogP contribution in [-0.2, 0) is 11.3 Å². The number of esters is 1. The monoisotopic (exact) mass is 181 g/mol. The molecule has 1 N–H and O–H groups in total. The number of ether oxygens (including phenoxy) is 1. The Kier molecular flexibility index (Phi) is 3.40. The van der Waals surface area contributed by atoms with E-state index >= 15 is 0 Å². The summed E-state index contributed by atoms with van der Waals surface area (Å²) in [5.41, 5.74) is 0.693. The summed E-state index contributed by atoms with van der Waals surface area (Å²) in [6.45, 7) is 1.88. The van der Waals surface area contributed by atoms with Crippen molar-refractivity contribution in [1.29, 1.82) is 0 Å². The normalized spacial score (nSPS) is 9.69. The Labute approximate surface area is 76.2 Å². The predicted octanol–water partition coefficient (Wildman–Crippen LogP) is 0.751. The Balaban J connectivity index is 2.82. The van der Waals surface area contributed by atoms with E-state index in [1.54, 1.807) is 25.1 Å². The number of aliphatic hydroxyl groups is 1. The number of nitrogens with zero attached hydrogens (tertiary/aromatic N) is 1. The Morgan fingerprint density at radius 1 is 1.62 bits per heavy atom. The molecule has 0 aliphatic heterocycles. The topological polar surface area (TPSA) is 59.4 Å². The van der Waals surface area contributed by atoms with E-state index in [9.17, 15) is 4.79 Å². The van der Waals surface area contributed by atoms with Gasteiger partial charge in [-0.2, -0.15) is 0 Å². The van der Waals surface area contributed by atoms with Crippen molar-refractivity contribution >= 4 is 5.97 Å². The summed E-state index contributed by atoms with van der Waals surface area (Å²) in [6.07, 6.45) is 0. The maximum Gasteiger partial charge on any atom is 0.356 e. The molecule has 70 valence electrons.